The Balaban J connectivity index is 2.32. The van der Waals surface area contributed by atoms with Gasteiger partial charge < -0.3 is 9.72 Å². The molecule has 16 heavy (non-hydrogen) atoms. The van der Waals surface area contributed by atoms with Crippen molar-refractivity contribution in [2.75, 3.05) is 0 Å². The number of hydrogen-bond acceptors (Lipinski definition) is 2. The number of fused-ring (bicyclic) bond motifs is 1. The highest BCUT2D eigenvalue weighted by Crippen LogP contribution is 2.18. The van der Waals surface area contributed by atoms with Gasteiger partial charge in [0.05, 0.1) is 17.2 Å². The molecular formula is C13H15NO2. The maximum absolute atomic E-state index is 11.9. The third-order valence-electron chi connectivity index (χ3n) is 2.69. The molecule has 0 radical (unpaired) electrons. The highest BCUT2D eigenvalue weighted by atomic mass is 16.5. The SMILES string of the molecule is CCC(C)OC(=O)c1cccc2cc[nH]c12. The molecule has 0 aliphatic heterocycles. The predicted octanol–water partition coefficient (Wildman–Crippen LogP) is 3.12. The number of H-pyrrole nitrogens is 1. The van der Waals surface area contributed by atoms with Crippen molar-refractivity contribution in [3.05, 3.63) is 36.0 Å². The lowest BCUT2D eigenvalue weighted by molar-refractivity contribution is 0.0336. The lowest BCUT2D eigenvalue weighted by Crippen LogP contribution is -2.14. The van der Waals surface area contributed by atoms with Gasteiger partial charge in [0, 0.05) is 11.6 Å². The normalized spacial score (nSPS) is 12.6. The first-order valence-corrected chi connectivity index (χ1v) is 5.49. The Bertz CT molecular complexity index is 501. The van der Waals surface area contributed by atoms with Crippen LogP contribution < -0.4 is 0 Å². The van der Waals surface area contributed by atoms with Crippen molar-refractivity contribution >= 4 is 16.9 Å². The molecule has 84 valence electrons. The quantitative estimate of drug-likeness (QED) is 0.802. The van der Waals surface area contributed by atoms with Gasteiger partial charge in [0.25, 0.3) is 0 Å². The first kappa shape index (κ1) is 10.7. The van der Waals surface area contributed by atoms with Gasteiger partial charge in [0.15, 0.2) is 0 Å². The minimum atomic E-state index is -0.262. The minimum Gasteiger partial charge on any atom is -0.459 e. The molecule has 1 unspecified atom stereocenters. The number of carbonyl (C=O) groups is 1. The average molecular weight is 217 g/mol. The summed E-state index contributed by atoms with van der Waals surface area (Å²) in [5.41, 5.74) is 1.44. The lowest BCUT2D eigenvalue weighted by Gasteiger charge is -2.11. The molecule has 1 aromatic heterocycles. The monoisotopic (exact) mass is 217 g/mol. The summed E-state index contributed by atoms with van der Waals surface area (Å²) in [6.45, 7) is 3.89. The second-order valence-electron chi connectivity index (χ2n) is 3.87. The van der Waals surface area contributed by atoms with Crippen molar-refractivity contribution in [1.82, 2.24) is 4.98 Å². The molecule has 0 bridgehead atoms. The van der Waals surface area contributed by atoms with E-state index < -0.39 is 0 Å². The summed E-state index contributed by atoms with van der Waals surface area (Å²) in [6.07, 6.45) is 2.61. The summed E-state index contributed by atoms with van der Waals surface area (Å²) >= 11 is 0. The van der Waals surface area contributed by atoms with Crippen molar-refractivity contribution in [3.8, 4) is 0 Å². The van der Waals surface area contributed by atoms with Crippen LogP contribution in [0.25, 0.3) is 10.9 Å². The van der Waals surface area contributed by atoms with Gasteiger partial charge in [-0.1, -0.05) is 19.1 Å². The van der Waals surface area contributed by atoms with Crippen LogP contribution in [0.3, 0.4) is 0 Å². The molecule has 1 N–H and O–H groups in total. The summed E-state index contributed by atoms with van der Waals surface area (Å²) in [6, 6.07) is 7.55. The number of esters is 1. The Morgan fingerprint density at radius 1 is 1.44 bits per heavy atom. The molecular weight excluding hydrogens is 202 g/mol. The molecule has 3 nitrogen and oxygen atoms in total. The van der Waals surface area contributed by atoms with Crippen LogP contribution in [0.15, 0.2) is 30.5 Å². The first-order chi connectivity index (χ1) is 7.72. The molecule has 0 aliphatic carbocycles. The zero-order valence-corrected chi connectivity index (χ0v) is 9.49. The molecule has 0 spiro atoms. The molecule has 0 amide bonds. The van der Waals surface area contributed by atoms with Gasteiger partial charge in [0.2, 0.25) is 0 Å². The summed E-state index contributed by atoms with van der Waals surface area (Å²) < 4.78 is 5.30. The van der Waals surface area contributed by atoms with E-state index in [1.54, 1.807) is 6.07 Å². The molecule has 3 heteroatoms. The van der Waals surface area contributed by atoms with Gasteiger partial charge in [-0.05, 0) is 25.5 Å². The van der Waals surface area contributed by atoms with E-state index in [-0.39, 0.29) is 12.1 Å². The van der Waals surface area contributed by atoms with E-state index in [2.05, 4.69) is 4.98 Å². The number of para-hydroxylation sites is 1. The van der Waals surface area contributed by atoms with Crippen LogP contribution in [-0.2, 0) is 4.74 Å². The molecule has 1 aromatic carbocycles. The van der Waals surface area contributed by atoms with Crippen LogP contribution in [0.4, 0.5) is 0 Å². The third-order valence-corrected chi connectivity index (χ3v) is 2.69. The van der Waals surface area contributed by atoms with Crippen LogP contribution in [-0.4, -0.2) is 17.1 Å². The number of aromatic nitrogens is 1. The zero-order chi connectivity index (χ0) is 11.5. The fraction of sp³-hybridized carbons (Fsp3) is 0.308. The van der Waals surface area contributed by atoms with Crippen molar-refractivity contribution in [2.45, 2.75) is 26.4 Å². The summed E-state index contributed by atoms with van der Waals surface area (Å²) in [4.78, 5) is 14.9. The van der Waals surface area contributed by atoms with Crippen LogP contribution >= 0.6 is 0 Å². The fourth-order valence-corrected chi connectivity index (χ4v) is 1.58. The number of benzene rings is 1. The van der Waals surface area contributed by atoms with Gasteiger partial charge in [-0.25, -0.2) is 4.79 Å². The second-order valence-corrected chi connectivity index (χ2v) is 3.87. The number of rotatable bonds is 3. The van der Waals surface area contributed by atoms with Crippen LogP contribution in [0.1, 0.15) is 30.6 Å². The van der Waals surface area contributed by atoms with Crippen molar-refractivity contribution in [2.24, 2.45) is 0 Å². The largest absolute Gasteiger partial charge is 0.459 e. The van der Waals surface area contributed by atoms with Gasteiger partial charge in [-0.3, -0.25) is 0 Å². The van der Waals surface area contributed by atoms with Crippen LogP contribution in [0.2, 0.25) is 0 Å². The van der Waals surface area contributed by atoms with E-state index in [0.29, 0.717) is 5.56 Å². The van der Waals surface area contributed by atoms with Gasteiger partial charge in [0.1, 0.15) is 0 Å². The molecule has 0 aliphatic rings. The highest BCUT2D eigenvalue weighted by molar-refractivity contribution is 6.02. The van der Waals surface area contributed by atoms with E-state index in [1.807, 2.05) is 38.2 Å². The van der Waals surface area contributed by atoms with Crippen molar-refractivity contribution < 1.29 is 9.53 Å². The van der Waals surface area contributed by atoms with Crippen molar-refractivity contribution in [1.29, 1.82) is 0 Å². The predicted molar refractivity (Wildman–Crippen MR) is 63.5 cm³/mol. The smallest absolute Gasteiger partial charge is 0.340 e. The summed E-state index contributed by atoms with van der Waals surface area (Å²) in [7, 11) is 0. The van der Waals surface area contributed by atoms with Gasteiger partial charge in [-0.2, -0.15) is 0 Å². The highest BCUT2D eigenvalue weighted by Gasteiger charge is 2.14. The number of hydrogen-bond donors (Lipinski definition) is 1. The summed E-state index contributed by atoms with van der Waals surface area (Å²) in [5.74, 6) is -0.262. The standard InChI is InChI=1S/C13H15NO2/c1-3-9(2)16-13(15)11-6-4-5-10-7-8-14-12(10)11/h4-9,14H,3H2,1-2H3. The summed E-state index contributed by atoms with van der Waals surface area (Å²) in [5, 5.41) is 1.03. The van der Waals surface area contributed by atoms with E-state index in [0.717, 1.165) is 17.3 Å². The molecule has 0 saturated carbocycles. The molecule has 2 aromatic rings. The third kappa shape index (κ3) is 1.94. The molecule has 2 rings (SSSR count). The fourth-order valence-electron chi connectivity index (χ4n) is 1.58. The second kappa shape index (κ2) is 4.39. The van der Waals surface area contributed by atoms with Gasteiger partial charge >= 0.3 is 5.97 Å². The Hall–Kier alpha value is -1.77. The number of aromatic amines is 1. The molecule has 1 atom stereocenters. The van der Waals surface area contributed by atoms with Crippen molar-refractivity contribution in [3.63, 3.8) is 0 Å². The Morgan fingerprint density at radius 3 is 3.00 bits per heavy atom. The van der Waals surface area contributed by atoms with E-state index in [1.165, 1.54) is 0 Å². The number of carbonyl (C=O) groups excluding carboxylic acids is 1. The maximum Gasteiger partial charge on any atom is 0.340 e. The topological polar surface area (TPSA) is 42.1 Å². The Labute approximate surface area is 94.4 Å². The number of ether oxygens (including phenoxy) is 1. The number of nitrogens with one attached hydrogen (secondary N) is 1. The van der Waals surface area contributed by atoms with E-state index in [4.69, 9.17) is 4.74 Å². The molecule has 0 saturated heterocycles. The Morgan fingerprint density at radius 2 is 2.25 bits per heavy atom. The van der Waals surface area contributed by atoms with Crippen LogP contribution in [0, 0.1) is 0 Å². The zero-order valence-electron chi connectivity index (χ0n) is 9.49. The first-order valence-electron chi connectivity index (χ1n) is 5.49. The maximum atomic E-state index is 11.9. The molecule has 1 heterocycles. The van der Waals surface area contributed by atoms with Gasteiger partial charge in [-0.15, -0.1) is 0 Å². The molecule has 0 fully saturated rings. The van der Waals surface area contributed by atoms with E-state index in [9.17, 15) is 4.79 Å². The lowest BCUT2D eigenvalue weighted by atomic mass is 10.1. The minimum absolute atomic E-state index is 0.0438. The van der Waals surface area contributed by atoms with E-state index >= 15 is 0 Å². The van der Waals surface area contributed by atoms with Crippen LogP contribution in [0.5, 0.6) is 0 Å². The Kier molecular flexibility index (Phi) is 2.95. The average Bonchev–Trinajstić information content (AvgIpc) is 2.76.